The van der Waals surface area contributed by atoms with Gasteiger partial charge in [0, 0.05) is 16.4 Å². The molecule has 0 radical (unpaired) electrons. The minimum atomic E-state index is -0.681. The Balaban J connectivity index is 2.41. The van der Waals surface area contributed by atoms with Crippen LogP contribution in [-0.4, -0.2) is 11.6 Å². The highest BCUT2D eigenvalue weighted by atomic mass is 16.2. The van der Waals surface area contributed by atoms with Gasteiger partial charge in [0.05, 0.1) is 0 Å². The summed E-state index contributed by atoms with van der Waals surface area (Å²) in [5.74, 6) is -0.639. The van der Waals surface area contributed by atoms with Crippen molar-refractivity contribution in [3.05, 3.63) is 47.5 Å². The number of rotatable bonds is 0. The SMILES string of the molecule is CC1(C)C(=O)C(=O)c2cc3ccccc3cc2C1(C)C. The highest BCUT2D eigenvalue weighted by Crippen LogP contribution is 2.48. The molecule has 1 aliphatic rings. The summed E-state index contributed by atoms with van der Waals surface area (Å²) >= 11 is 0. The molecule has 3 rings (SSSR count). The second kappa shape index (κ2) is 3.78. The molecular formula is C18H18O2. The number of ketones is 2. The van der Waals surface area contributed by atoms with Crippen molar-refractivity contribution in [1.82, 2.24) is 0 Å². The Morgan fingerprint density at radius 3 is 1.95 bits per heavy atom. The van der Waals surface area contributed by atoms with Gasteiger partial charge in [0.15, 0.2) is 0 Å². The van der Waals surface area contributed by atoms with E-state index in [0.717, 1.165) is 16.3 Å². The molecule has 1 aliphatic carbocycles. The number of Topliss-reactive ketones (excluding diaryl/α,β-unsaturated/α-hetero) is 2. The summed E-state index contributed by atoms with van der Waals surface area (Å²) in [6.07, 6.45) is 0. The highest BCUT2D eigenvalue weighted by molar-refractivity contribution is 6.47. The number of hydrogen-bond acceptors (Lipinski definition) is 2. The van der Waals surface area contributed by atoms with Crippen LogP contribution < -0.4 is 0 Å². The highest BCUT2D eigenvalue weighted by Gasteiger charge is 2.52. The van der Waals surface area contributed by atoms with Gasteiger partial charge in [0.2, 0.25) is 11.6 Å². The van der Waals surface area contributed by atoms with E-state index in [0.29, 0.717) is 5.56 Å². The van der Waals surface area contributed by atoms with E-state index >= 15 is 0 Å². The average molecular weight is 266 g/mol. The molecule has 0 aliphatic heterocycles. The second-order valence-electron chi connectivity index (χ2n) is 6.65. The van der Waals surface area contributed by atoms with Crippen LogP contribution in [0.15, 0.2) is 36.4 Å². The van der Waals surface area contributed by atoms with Gasteiger partial charge in [-0.05, 0) is 28.5 Å². The monoisotopic (exact) mass is 266 g/mol. The molecule has 2 aromatic rings. The number of hydrogen-bond donors (Lipinski definition) is 0. The van der Waals surface area contributed by atoms with Crippen LogP contribution in [-0.2, 0) is 10.2 Å². The maximum Gasteiger partial charge on any atom is 0.229 e. The van der Waals surface area contributed by atoms with Gasteiger partial charge in [-0.2, -0.15) is 0 Å². The summed E-state index contributed by atoms with van der Waals surface area (Å²) in [6.45, 7) is 7.83. The minimum Gasteiger partial charge on any atom is -0.290 e. The molecule has 0 spiro atoms. The number of fused-ring (bicyclic) bond motifs is 2. The zero-order chi connectivity index (χ0) is 14.7. The molecule has 20 heavy (non-hydrogen) atoms. The topological polar surface area (TPSA) is 34.1 Å². The fraction of sp³-hybridized carbons (Fsp3) is 0.333. The van der Waals surface area contributed by atoms with Crippen molar-refractivity contribution in [2.45, 2.75) is 33.1 Å². The molecule has 0 amide bonds. The van der Waals surface area contributed by atoms with Crippen molar-refractivity contribution in [3.63, 3.8) is 0 Å². The van der Waals surface area contributed by atoms with Gasteiger partial charge in [0.1, 0.15) is 0 Å². The Labute approximate surface area is 118 Å². The van der Waals surface area contributed by atoms with E-state index in [1.54, 1.807) is 0 Å². The lowest BCUT2D eigenvalue weighted by Crippen LogP contribution is -2.50. The van der Waals surface area contributed by atoms with Crippen LogP contribution in [0.1, 0.15) is 43.6 Å². The summed E-state index contributed by atoms with van der Waals surface area (Å²) in [7, 11) is 0. The van der Waals surface area contributed by atoms with Crippen molar-refractivity contribution in [2.75, 3.05) is 0 Å². The van der Waals surface area contributed by atoms with Crippen LogP contribution in [0.3, 0.4) is 0 Å². The Bertz CT molecular complexity index is 751. The maximum absolute atomic E-state index is 12.4. The van der Waals surface area contributed by atoms with Crippen LogP contribution >= 0.6 is 0 Å². The first-order valence-corrected chi connectivity index (χ1v) is 6.89. The Kier molecular flexibility index (Phi) is 2.47. The molecule has 0 atom stereocenters. The van der Waals surface area contributed by atoms with E-state index in [1.165, 1.54) is 0 Å². The molecule has 0 aromatic heterocycles. The van der Waals surface area contributed by atoms with Gasteiger partial charge in [-0.1, -0.05) is 52.0 Å². The zero-order valence-electron chi connectivity index (χ0n) is 12.3. The predicted molar refractivity (Wildman–Crippen MR) is 80.1 cm³/mol. The molecule has 0 saturated heterocycles. The largest absolute Gasteiger partial charge is 0.290 e. The smallest absolute Gasteiger partial charge is 0.229 e. The first kappa shape index (κ1) is 13.0. The van der Waals surface area contributed by atoms with E-state index in [4.69, 9.17) is 0 Å². The average Bonchev–Trinajstić information content (AvgIpc) is 2.42. The van der Waals surface area contributed by atoms with Crippen molar-refractivity contribution in [2.24, 2.45) is 5.41 Å². The van der Waals surface area contributed by atoms with E-state index in [1.807, 2.05) is 58.0 Å². The molecule has 2 nitrogen and oxygen atoms in total. The quantitative estimate of drug-likeness (QED) is 0.677. The van der Waals surface area contributed by atoms with Gasteiger partial charge < -0.3 is 0 Å². The molecule has 0 bridgehead atoms. The first-order chi connectivity index (χ1) is 9.26. The van der Waals surface area contributed by atoms with Crippen LogP contribution in [0.2, 0.25) is 0 Å². The molecule has 102 valence electrons. The van der Waals surface area contributed by atoms with Gasteiger partial charge in [-0.15, -0.1) is 0 Å². The third-order valence-electron chi connectivity index (χ3n) is 5.14. The number of carbonyl (C=O) groups excluding carboxylic acids is 2. The fourth-order valence-electron chi connectivity index (χ4n) is 2.97. The molecule has 2 heteroatoms. The molecule has 0 saturated carbocycles. The Morgan fingerprint density at radius 1 is 0.800 bits per heavy atom. The van der Waals surface area contributed by atoms with E-state index in [-0.39, 0.29) is 17.0 Å². The van der Waals surface area contributed by atoms with E-state index in [9.17, 15) is 9.59 Å². The lowest BCUT2D eigenvalue weighted by atomic mass is 9.56. The lowest BCUT2D eigenvalue weighted by Gasteiger charge is -2.44. The Hall–Kier alpha value is -1.96. The van der Waals surface area contributed by atoms with Gasteiger partial charge in [-0.25, -0.2) is 0 Å². The van der Waals surface area contributed by atoms with E-state index in [2.05, 4.69) is 6.07 Å². The van der Waals surface area contributed by atoms with Crippen molar-refractivity contribution in [1.29, 1.82) is 0 Å². The summed E-state index contributed by atoms with van der Waals surface area (Å²) in [5.41, 5.74) is 0.500. The summed E-state index contributed by atoms with van der Waals surface area (Å²) in [6, 6.07) is 11.9. The van der Waals surface area contributed by atoms with Crippen molar-refractivity contribution < 1.29 is 9.59 Å². The third kappa shape index (κ3) is 1.45. The van der Waals surface area contributed by atoms with Crippen molar-refractivity contribution >= 4 is 22.3 Å². The second-order valence-corrected chi connectivity index (χ2v) is 6.65. The predicted octanol–water partition coefficient (Wildman–Crippen LogP) is 3.91. The zero-order valence-corrected chi connectivity index (χ0v) is 12.3. The van der Waals surface area contributed by atoms with Crippen LogP contribution in [0.5, 0.6) is 0 Å². The minimum absolute atomic E-state index is 0.287. The standard InChI is InChI=1S/C18H18O2/c1-17(2)14-10-12-8-6-5-7-11(12)9-13(14)15(19)16(20)18(17,3)4/h5-10H,1-4H3. The number of benzene rings is 2. The fourth-order valence-corrected chi connectivity index (χ4v) is 2.97. The Morgan fingerprint density at radius 2 is 1.35 bits per heavy atom. The maximum atomic E-state index is 12.4. The normalized spacial score (nSPS) is 20.0. The lowest BCUT2D eigenvalue weighted by molar-refractivity contribution is -0.126. The van der Waals surface area contributed by atoms with Crippen LogP contribution in [0.25, 0.3) is 10.8 Å². The summed E-state index contributed by atoms with van der Waals surface area (Å²) < 4.78 is 0. The molecule has 2 aromatic carbocycles. The molecule has 0 N–H and O–H groups in total. The van der Waals surface area contributed by atoms with Gasteiger partial charge >= 0.3 is 0 Å². The number of carbonyl (C=O) groups is 2. The molecule has 0 unspecified atom stereocenters. The molecule has 0 fully saturated rings. The van der Waals surface area contributed by atoms with Gasteiger partial charge in [-0.3, -0.25) is 9.59 Å². The molecule has 0 heterocycles. The first-order valence-electron chi connectivity index (χ1n) is 6.89. The molecular weight excluding hydrogens is 248 g/mol. The van der Waals surface area contributed by atoms with Crippen molar-refractivity contribution in [3.8, 4) is 0 Å². The van der Waals surface area contributed by atoms with Crippen LogP contribution in [0, 0.1) is 5.41 Å². The van der Waals surface area contributed by atoms with E-state index < -0.39 is 5.41 Å². The van der Waals surface area contributed by atoms with Gasteiger partial charge in [0.25, 0.3) is 0 Å². The summed E-state index contributed by atoms with van der Waals surface area (Å²) in [5, 5.41) is 2.11. The summed E-state index contributed by atoms with van der Waals surface area (Å²) in [4.78, 5) is 24.8. The third-order valence-corrected chi connectivity index (χ3v) is 5.14. The van der Waals surface area contributed by atoms with Crippen LogP contribution in [0.4, 0.5) is 0 Å².